The summed E-state index contributed by atoms with van der Waals surface area (Å²) in [5.74, 6) is -0.0385. The van der Waals surface area contributed by atoms with Gasteiger partial charge in [0.1, 0.15) is 5.78 Å². The van der Waals surface area contributed by atoms with E-state index in [1.807, 2.05) is 37.3 Å². The Morgan fingerprint density at radius 1 is 1.20 bits per heavy atom. The molecule has 0 saturated heterocycles. The number of carbonyl (C=O) groups excluding carboxylic acids is 1. The summed E-state index contributed by atoms with van der Waals surface area (Å²) in [6.45, 7) is 10.7. The van der Waals surface area contributed by atoms with Crippen molar-refractivity contribution in [2.45, 2.75) is 52.1 Å². The monoisotopic (exact) mass is 364 g/mol. The first-order valence-electron chi connectivity index (χ1n) is 8.31. The molecule has 0 unspecified atom stereocenters. The van der Waals surface area contributed by atoms with Crippen molar-refractivity contribution in [3.63, 3.8) is 0 Å². The van der Waals surface area contributed by atoms with Crippen molar-refractivity contribution in [3.8, 4) is 0 Å². The van der Waals surface area contributed by atoms with Crippen molar-refractivity contribution in [1.82, 2.24) is 0 Å². The number of benzene rings is 1. The molecule has 5 heteroatoms. The fourth-order valence-corrected chi connectivity index (χ4v) is 3.81. The third-order valence-electron chi connectivity index (χ3n) is 3.79. The molecule has 0 aromatic heterocycles. The molecule has 1 aromatic rings. The maximum absolute atomic E-state index is 12.3. The van der Waals surface area contributed by atoms with Gasteiger partial charge in [-0.2, -0.15) is 0 Å². The number of hydrogen-bond acceptors (Lipinski definition) is 4. The minimum absolute atomic E-state index is 0.00302. The van der Waals surface area contributed by atoms with Gasteiger partial charge in [-0.25, -0.2) is 8.42 Å². The number of rotatable bonds is 10. The van der Waals surface area contributed by atoms with Crippen LogP contribution in [-0.2, 0) is 26.0 Å². The molecule has 0 aliphatic heterocycles. The Labute approximate surface area is 151 Å². The van der Waals surface area contributed by atoms with Gasteiger partial charge >= 0.3 is 0 Å². The molecule has 0 amide bonds. The van der Waals surface area contributed by atoms with Crippen LogP contribution in [0.3, 0.4) is 0 Å². The molecule has 0 N–H and O–H groups in total. The van der Waals surface area contributed by atoms with Crippen LogP contribution in [0.5, 0.6) is 0 Å². The van der Waals surface area contributed by atoms with Crippen molar-refractivity contribution < 1.29 is 17.9 Å². The molecule has 1 aromatic carbocycles. The molecule has 0 fully saturated rings. The first-order valence-corrected chi connectivity index (χ1v) is 10.0. The number of hydrogen-bond donors (Lipinski definition) is 0. The van der Waals surface area contributed by atoms with Crippen LogP contribution in [0.1, 0.15) is 39.7 Å². The molecule has 0 aliphatic rings. The third-order valence-corrected chi connectivity index (χ3v) is 5.95. The molecular formula is C20H28O4S. The van der Waals surface area contributed by atoms with Gasteiger partial charge in [0, 0.05) is 6.42 Å². The fraction of sp³-hybridized carbons (Fsp3) is 0.450. The Kier molecular flexibility index (Phi) is 8.26. The molecule has 25 heavy (non-hydrogen) atoms. The van der Waals surface area contributed by atoms with Gasteiger partial charge in [0.05, 0.1) is 23.7 Å². The lowest BCUT2D eigenvalue weighted by Gasteiger charge is -2.19. The minimum Gasteiger partial charge on any atom is -0.369 e. The highest BCUT2D eigenvalue weighted by atomic mass is 32.2. The summed E-state index contributed by atoms with van der Waals surface area (Å²) >= 11 is 0. The van der Waals surface area contributed by atoms with Crippen molar-refractivity contribution in [1.29, 1.82) is 0 Å². The molecule has 1 rings (SSSR count). The number of ether oxygens (including phenoxy) is 1. The first-order chi connectivity index (χ1) is 11.6. The van der Waals surface area contributed by atoms with Crippen LogP contribution in [0, 0.1) is 0 Å². The predicted octanol–water partition coefficient (Wildman–Crippen LogP) is 3.88. The molecular weight excluding hydrogens is 336 g/mol. The van der Waals surface area contributed by atoms with Crippen LogP contribution in [0.25, 0.3) is 0 Å². The predicted molar refractivity (Wildman–Crippen MR) is 102 cm³/mol. The van der Waals surface area contributed by atoms with E-state index in [9.17, 15) is 13.2 Å². The summed E-state index contributed by atoms with van der Waals surface area (Å²) in [7, 11) is -3.30. The van der Waals surface area contributed by atoms with E-state index < -0.39 is 21.2 Å². The topological polar surface area (TPSA) is 60.4 Å². The molecule has 0 radical (unpaired) electrons. The van der Waals surface area contributed by atoms with Gasteiger partial charge in [-0.3, -0.25) is 4.79 Å². The second-order valence-electron chi connectivity index (χ2n) is 6.57. The zero-order valence-electron chi connectivity index (χ0n) is 15.5. The Balaban J connectivity index is 2.89. The van der Waals surface area contributed by atoms with Gasteiger partial charge in [0.25, 0.3) is 0 Å². The highest BCUT2D eigenvalue weighted by molar-refractivity contribution is 7.92. The quantitative estimate of drug-likeness (QED) is 0.591. The van der Waals surface area contributed by atoms with E-state index in [2.05, 4.69) is 6.58 Å². The first kappa shape index (κ1) is 21.3. The smallest absolute Gasteiger partial charge is 0.160 e. The van der Waals surface area contributed by atoms with Gasteiger partial charge in [-0.1, -0.05) is 48.6 Å². The zero-order valence-corrected chi connectivity index (χ0v) is 16.3. The van der Waals surface area contributed by atoms with Crippen LogP contribution in [0.2, 0.25) is 0 Å². The van der Waals surface area contributed by atoms with Gasteiger partial charge in [0.2, 0.25) is 0 Å². The summed E-state index contributed by atoms with van der Waals surface area (Å²) < 4.78 is 30.5. The normalized spacial score (nSPS) is 14.8. The molecule has 0 spiro atoms. The summed E-state index contributed by atoms with van der Waals surface area (Å²) in [4.78, 5) is 11.6. The number of ketones is 1. The summed E-state index contributed by atoms with van der Waals surface area (Å²) in [6, 6.07) is 9.67. The van der Waals surface area contributed by atoms with E-state index in [0.717, 1.165) is 11.1 Å². The van der Waals surface area contributed by atoms with Crippen molar-refractivity contribution in [2.24, 2.45) is 0 Å². The standard InChI is InChI=1S/C20H28O4S/c1-15(2)14-25(22,23)18(5)11-16(3)20(12-17(4)21)24-13-19-9-7-6-8-10-19/h6-11,18,20H,1,12-14H2,2-5H3/b16-11-/t18-,20+/m0/s1. The molecule has 0 aliphatic carbocycles. The lowest BCUT2D eigenvalue weighted by atomic mass is 10.0. The fourth-order valence-electron chi connectivity index (χ4n) is 2.44. The lowest BCUT2D eigenvalue weighted by Crippen LogP contribution is -2.23. The van der Waals surface area contributed by atoms with Crippen LogP contribution in [0.15, 0.2) is 54.1 Å². The Morgan fingerprint density at radius 2 is 1.80 bits per heavy atom. The zero-order chi connectivity index (χ0) is 19.0. The van der Waals surface area contributed by atoms with Gasteiger partial charge in [-0.05, 0) is 38.8 Å². The Morgan fingerprint density at radius 3 is 2.32 bits per heavy atom. The molecule has 4 nitrogen and oxygen atoms in total. The molecule has 0 bridgehead atoms. The third kappa shape index (κ3) is 7.80. The second kappa shape index (κ2) is 9.68. The van der Waals surface area contributed by atoms with Crippen LogP contribution in [-0.4, -0.2) is 31.3 Å². The van der Waals surface area contributed by atoms with E-state index >= 15 is 0 Å². The molecule has 2 atom stereocenters. The Bertz CT molecular complexity index is 717. The highest BCUT2D eigenvalue weighted by Gasteiger charge is 2.21. The average Bonchev–Trinajstić information content (AvgIpc) is 2.50. The molecule has 138 valence electrons. The largest absolute Gasteiger partial charge is 0.369 e. The summed E-state index contributed by atoms with van der Waals surface area (Å²) in [6.07, 6.45) is 1.47. The van der Waals surface area contributed by atoms with E-state index in [0.29, 0.717) is 12.2 Å². The number of Topliss-reactive ketones (excluding diaryl/α,β-unsaturated/α-hetero) is 1. The van der Waals surface area contributed by atoms with Crippen LogP contribution < -0.4 is 0 Å². The Hall–Kier alpha value is -1.72. The van der Waals surface area contributed by atoms with Crippen molar-refractivity contribution >= 4 is 15.6 Å². The summed E-state index contributed by atoms with van der Waals surface area (Å²) in [5, 5.41) is -0.654. The van der Waals surface area contributed by atoms with E-state index in [-0.39, 0.29) is 18.0 Å². The van der Waals surface area contributed by atoms with E-state index in [1.165, 1.54) is 6.92 Å². The highest BCUT2D eigenvalue weighted by Crippen LogP contribution is 2.18. The molecule has 0 saturated carbocycles. The average molecular weight is 365 g/mol. The van der Waals surface area contributed by atoms with E-state index in [1.54, 1.807) is 19.9 Å². The van der Waals surface area contributed by atoms with Gasteiger partial charge < -0.3 is 4.74 Å². The second-order valence-corrected chi connectivity index (χ2v) is 8.93. The maximum Gasteiger partial charge on any atom is 0.160 e. The van der Waals surface area contributed by atoms with Gasteiger partial charge in [0.15, 0.2) is 9.84 Å². The minimum atomic E-state index is -3.30. The SMILES string of the molecule is C=C(C)CS(=O)(=O)[C@@H](C)/C=C(/C)[C@@H](CC(C)=O)OCc1ccccc1. The number of carbonyl (C=O) groups is 1. The summed E-state index contributed by atoms with van der Waals surface area (Å²) in [5.41, 5.74) is 2.37. The van der Waals surface area contributed by atoms with Crippen molar-refractivity contribution in [3.05, 3.63) is 59.7 Å². The maximum atomic E-state index is 12.3. The lowest BCUT2D eigenvalue weighted by molar-refractivity contribution is -0.119. The van der Waals surface area contributed by atoms with E-state index in [4.69, 9.17) is 4.74 Å². The number of sulfone groups is 1. The van der Waals surface area contributed by atoms with Crippen LogP contribution >= 0.6 is 0 Å². The molecule has 0 heterocycles. The van der Waals surface area contributed by atoms with Crippen molar-refractivity contribution in [2.75, 3.05) is 5.75 Å². The van der Waals surface area contributed by atoms with Crippen LogP contribution in [0.4, 0.5) is 0 Å². The van der Waals surface area contributed by atoms with Gasteiger partial charge in [-0.15, -0.1) is 0 Å².